The number of hydrogen-bond acceptors (Lipinski definition) is 22. The molecular weight excluding hydrogens is 1170 g/mol. The molecule has 2 radical (unpaired) electrons. The summed E-state index contributed by atoms with van der Waals surface area (Å²) in [6.45, 7) is 11.9. The number of unbranched alkanes of at least 4 members (excludes halogenated alkanes) is 1. The third kappa shape index (κ3) is 42.4. The molecule has 0 aromatic heterocycles. The summed E-state index contributed by atoms with van der Waals surface area (Å²) in [5, 5.41) is 43.6. The summed E-state index contributed by atoms with van der Waals surface area (Å²) in [4.78, 5) is 44.9. The SMILES string of the molecule is C=CCC(CCCO)C(=O)OCCCCC(=O)OCC(O)COC(CO)COCCOC.C=CCC1CCCOC1=O.CCO.O=C1CCCCO1.O=S(=O)([CH2][Sn][O]S(=O)(=O)C(F)(F)F)C(F)(F)F.OCC1CO1. The number of carbonyl (C=O) groups is 4. The molecule has 3 heterocycles. The van der Waals surface area contributed by atoms with Crippen LogP contribution in [0.15, 0.2) is 25.3 Å². The molecule has 31 heteroatoms. The van der Waals surface area contributed by atoms with Gasteiger partial charge in [0, 0.05) is 33.2 Å². The van der Waals surface area contributed by atoms with Crippen molar-refractivity contribution >= 4 is 65.4 Å². The van der Waals surface area contributed by atoms with E-state index in [1.807, 2.05) is 0 Å². The van der Waals surface area contributed by atoms with Crippen molar-refractivity contribution in [2.45, 2.75) is 113 Å². The van der Waals surface area contributed by atoms with Gasteiger partial charge in [-0.25, -0.2) is 0 Å². The summed E-state index contributed by atoms with van der Waals surface area (Å²) >= 11 is -3.36. The molecule has 3 fully saturated rings. The fourth-order valence-electron chi connectivity index (χ4n) is 4.86. The zero-order valence-electron chi connectivity index (χ0n) is 41.6. The van der Waals surface area contributed by atoms with Crippen LogP contribution in [0.1, 0.15) is 84.0 Å². The summed E-state index contributed by atoms with van der Waals surface area (Å²) in [6.07, 6.45) is 10.1. The van der Waals surface area contributed by atoms with Gasteiger partial charge in [-0.15, -0.1) is 13.2 Å². The number of ether oxygens (including phenoxy) is 8. The van der Waals surface area contributed by atoms with E-state index in [0.29, 0.717) is 65.0 Å². The number of cyclic esters (lactones) is 2. The Morgan fingerprint density at radius 1 is 0.865 bits per heavy atom. The average molecular weight is 1240 g/mol. The third-order valence-corrected chi connectivity index (χ3v) is 18.1. The van der Waals surface area contributed by atoms with E-state index in [1.165, 1.54) is 0 Å². The Balaban J connectivity index is -0.000000980. The van der Waals surface area contributed by atoms with E-state index in [-0.39, 0.29) is 95.1 Å². The van der Waals surface area contributed by atoms with Gasteiger partial charge in [-0.3, -0.25) is 19.2 Å². The molecule has 436 valence electrons. The van der Waals surface area contributed by atoms with E-state index in [0.717, 1.165) is 38.7 Å². The molecule has 0 aliphatic carbocycles. The maximum Gasteiger partial charge on any atom is 0.104 e. The second-order valence-electron chi connectivity index (χ2n) is 15.2. The molecule has 5 N–H and O–H groups in total. The van der Waals surface area contributed by atoms with Crippen LogP contribution in [0.2, 0.25) is 0 Å². The fraction of sp³-hybridized carbons (Fsp3) is 0.814. The van der Waals surface area contributed by atoms with E-state index >= 15 is 0 Å². The minimum Gasteiger partial charge on any atom is -0.394 e. The monoisotopic (exact) mass is 1240 g/mol. The van der Waals surface area contributed by atoms with Gasteiger partial charge >= 0.3 is 126 Å². The molecule has 0 saturated carbocycles. The Kier molecular flexibility index (Phi) is 46.2. The van der Waals surface area contributed by atoms with Crippen LogP contribution in [0.4, 0.5) is 26.3 Å². The molecule has 5 unspecified atom stereocenters. The van der Waals surface area contributed by atoms with Crippen molar-refractivity contribution in [3.05, 3.63) is 25.3 Å². The molecule has 0 spiro atoms. The first-order valence-electron chi connectivity index (χ1n) is 23.1. The number of alkyl halides is 6. The number of sulfone groups is 1. The maximum absolute atomic E-state index is 12.0. The van der Waals surface area contributed by atoms with Crippen LogP contribution in [0, 0.1) is 11.8 Å². The van der Waals surface area contributed by atoms with Gasteiger partial charge < -0.3 is 63.4 Å². The van der Waals surface area contributed by atoms with Gasteiger partial charge in [-0.1, -0.05) is 12.2 Å². The number of hydrogen-bond donors (Lipinski definition) is 5. The quantitative estimate of drug-likeness (QED) is 0.0105. The van der Waals surface area contributed by atoms with Gasteiger partial charge in [0.2, 0.25) is 0 Å². The molecule has 22 nitrogen and oxygen atoms in total. The molecule has 0 aromatic rings. The van der Waals surface area contributed by atoms with Crippen molar-refractivity contribution < 1.29 is 128 Å². The predicted molar refractivity (Wildman–Crippen MR) is 250 cm³/mol. The van der Waals surface area contributed by atoms with Crippen LogP contribution in [-0.2, 0) is 79.5 Å². The van der Waals surface area contributed by atoms with Gasteiger partial charge in [-0.2, -0.15) is 0 Å². The molecule has 74 heavy (non-hydrogen) atoms. The van der Waals surface area contributed by atoms with Crippen molar-refractivity contribution in [2.75, 3.05) is 96.8 Å². The molecular formula is C43H74F6O22S2Sn. The minimum absolute atomic E-state index is 0.0230. The van der Waals surface area contributed by atoms with Gasteiger partial charge in [0.1, 0.15) is 24.9 Å². The molecule has 3 aliphatic heterocycles. The van der Waals surface area contributed by atoms with Crippen LogP contribution < -0.4 is 0 Å². The molecule has 0 bridgehead atoms. The van der Waals surface area contributed by atoms with Gasteiger partial charge in [0.05, 0.1) is 77.9 Å². The maximum atomic E-state index is 12.0. The molecule has 3 rings (SSSR count). The first-order valence-corrected chi connectivity index (χ1v) is 29.3. The number of aliphatic hydroxyl groups is 5. The predicted octanol–water partition coefficient (Wildman–Crippen LogP) is 2.58. The first kappa shape index (κ1) is 75.5. The van der Waals surface area contributed by atoms with Crippen LogP contribution in [0.5, 0.6) is 0 Å². The standard InChI is InChI=1S/C22H40O10.C8H12O2.C5H8O2.C3H6O2.C2H2F3O2S.C2H6O.CHF3O3S.Sn/c1-3-7-18(8-6-10-23)22(27)30-11-5-4-9-21(26)32-16-19(25)15-31-20(14-24)17-29-13-12-28-2;1-2-4-7-5-3-6-10-8(7)9;6-5-3-1-2-4-7-5;4-1-3-2-5-3;1-8(6,7)2(3,4)5;1-2-3;2-1(3,4)8(5,6)7;/h3,18-20,23-25H,1,4-17H2,2H3;2,7H,1,3-6H2;1-4H2;3-4H,1-2H2;1H2;3H,2H2,1H3;(H,5,6,7);/q;;;;;;;+1/p-1. The van der Waals surface area contributed by atoms with E-state index < -0.39 is 74.5 Å². The number of epoxide rings is 1. The van der Waals surface area contributed by atoms with Crippen LogP contribution in [0.25, 0.3) is 0 Å². The Morgan fingerprint density at radius 2 is 1.51 bits per heavy atom. The van der Waals surface area contributed by atoms with Crippen molar-refractivity contribution in [3.8, 4) is 0 Å². The van der Waals surface area contributed by atoms with E-state index in [1.54, 1.807) is 26.2 Å². The second-order valence-corrected chi connectivity index (χ2v) is 23.5. The number of carbonyl (C=O) groups excluding carboxylic acids is 4. The van der Waals surface area contributed by atoms with Gasteiger partial charge in [-0.05, 0) is 71.1 Å². The fourth-order valence-corrected chi connectivity index (χ4v) is 11.7. The summed E-state index contributed by atoms with van der Waals surface area (Å²) in [5.41, 5.74) is -11.4. The number of allylic oxidation sites excluding steroid dienone is 2. The van der Waals surface area contributed by atoms with Crippen LogP contribution in [-0.4, -0.2) is 214 Å². The van der Waals surface area contributed by atoms with E-state index in [4.69, 9.17) is 43.7 Å². The number of halogens is 6. The Hall–Kier alpha value is -2.76. The number of methoxy groups -OCH3 is 1. The van der Waals surface area contributed by atoms with Gasteiger partial charge in [0.15, 0.2) is 0 Å². The molecule has 3 saturated heterocycles. The molecule has 0 aromatic carbocycles. The molecule has 5 atom stereocenters. The normalized spacial score (nSPS) is 17.5. The Bertz CT molecular complexity index is 1670. The summed E-state index contributed by atoms with van der Waals surface area (Å²) < 4.78 is 152. The van der Waals surface area contributed by atoms with Gasteiger partial charge in [0.25, 0.3) is 0 Å². The zero-order valence-corrected chi connectivity index (χ0v) is 46.1. The third-order valence-electron chi connectivity index (χ3n) is 8.84. The van der Waals surface area contributed by atoms with Crippen molar-refractivity contribution in [2.24, 2.45) is 11.8 Å². The summed E-state index contributed by atoms with van der Waals surface area (Å²) in [5.74, 6) is -1.10. The molecule has 3 aliphatic rings. The average Bonchev–Trinajstić information content (AvgIpc) is 4.18. The largest absolute Gasteiger partial charge is 0.394 e. The van der Waals surface area contributed by atoms with E-state index in [9.17, 15) is 72.6 Å². The second kappa shape index (κ2) is 45.3. The van der Waals surface area contributed by atoms with Crippen LogP contribution >= 0.6 is 0 Å². The van der Waals surface area contributed by atoms with Crippen molar-refractivity contribution in [3.63, 3.8) is 0 Å². The topological polar surface area (TPSA) is 324 Å². The van der Waals surface area contributed by atoms with Crippen molar-refractivity contribution in [1.82, 2.24) is 0 Å². The van der Waals surface area contributed by atoms with Crippen LogP contribution in [0.3, 0.4) is 0 Å². The minimum atomic E-state index is -6.02. The number of rotatable bonds is 29. The summed E-state index contributed by atoms with van der Waals surface area (Å²) in [7, 11) is -10.1. The number of aliphatic hydroxyl groups excluding tert-OH is 5. The Morgan fingerprint density at radius 3 is 1.97 bits per heavy atom. The molecule has 0 amide bonds. The smallest absolute Gasteiger partial charge is 0.104 e. The van der Waals surface area contributed by atoms with E-state index in [2.05, 4.69) is 25.2 Å². The Labute approximate surface area is 439 Å². The van der Waals surface area contributed by atoms with Crippen molar-refractivity contribution in [1.29, 1.82) is 0 Å². The summed E-state index contributed by atoms with van der Waals surface area (Å²) in [6, 6.07) is 0. The number of esters is 4. The first-order chi connectivity index (χ1) is 34.8. The zero-order chi connectivity index (χ0) is 57.1.